The van der Waals surface area contributed by atoms with Crippen molar-refractivity contribution in [1.82, 2.24) is 0 Å². The third-order valence-electron chi connectivity index (χ3n) is 0.454. The van der Waals surface area contributed by atoms with Crippen molar-refractivity contribution in [2.24, 2.45) is 11.5 Å². The first-order chi connectivity index (χ1) is 6.23. The van der Waals surface area contributed by atoms with Crippen LogP contribution < -0.4 is 45.0 Å². The van der Waals surface area contributed by atoms with E-state index >= 15 is 0 Å². The number of halogens is 1. The van der Waals surface area contributed by atoms with Crippen LogP contribution >= 0.6 is 0 Å². The van der Waals surface area contributed by atoms with Crippen molar-refractivity contribution in [2.75, 3.05) is 0 Å². The van der Waals surface area contributed by atoms with E-state index in [1.165, 1.54) is 0 Å². The molecule has 92 valence electrons. The Kier molecular flexibility index (Phi) is 29.1. The summed E-state index contributed by atoms with van der Waals surface area (Å²) in [7, 11) is 0. The maximum atomic E-state index is 9.49. The molecule has 0 aromatic heterocycles. The minimum Gasteiger partial charge on any atom is -1.00 e. The summed E-state index contributed by atoms with van der Waals surface area (Å²) < 4.78 is 0. The molecule has 0 radical (unpaired) electrons. The van der Waals surface area contributed by atoms with E-state index < -0.39 is 18.0 Å². The number of quaternary nitrogens is 2. The van der Waals surface area contributed by atoms with E-state index in [1.54, 1.807) is 6.92 Å². The van der Waals surface area contributed by atoms with Crippen LogP contribution in [0.4, 0.5) is 9.59 Å². The molecule has 0 aliphatic carbocycles. The van der Waals surface area contributed by atoms with Crippen molar-refractivity contribution in [3.63, 3.8) is 0 Å². The van der Waals surface area contributed by atoms with Gasteiger partial charge in [-0.3, -0.25) is 11.5 Å². The molecule has 0 heterocycles. The van der Waals surface area contributed by atoms with Gasteiger partial charge in [0.2, 0.25) is 0 Å². The minimum atomic E-state index is -0.961. The zero-order chi connectivity index (χ0) is 12.1. The molecule has 0 fully saturated rings. The molecular formula is C6H17BrN4O4. The molecule has 10 N–H and O–H groups in total. The van der Waals surface area contributed by atoms with E-state index in [1.807, 2.05) is 0 Å². The molecule has 0 aromatic rings. The standard InChI is InChI=1S/C4H8O2.2CH4N2O.BrH/c1-2-3-4(5)6;2*2-1(3)4;/h2-3H2,1H3,(H,5,6);2*(H4,2,3,4);1H. The highest BCUT2D eigenvalue weighted by Gasteiger charge is 1.75. The number of hydrogen-bond donors (Lipinski definition) is 4. The van der Waals surface area contributed by atoms with Gasteiger partial charge in [-0.15, -0.1) is 0 Å². The lowest BCUT2D eigenvalue weighted by Gasteiger charge is -1.92. The lowest BCUT2D eigenvalue weighted by atomic mass is 10.4. The lowest BCUT2D eigenvalue weighted by Crippen LogP contribution is -3.00. The smallest absolute Gasteiger partial charge is 0.409 e. The maximum Gasteiger partial charge on any atom is 0.409 e. The van der Waals surface area contributed by atoms with Crippen LogP contribution in [0.2, 0.25) is 0 Å². The van der Waals surface area contributed by atoms with Gasteiger partial charge in [-0.05, 0) is 6.42 Å². The number of amides is 4. The summed E-state index contributed by atoms with van der Waals surface area (Å²) in [5, 5.41) is 9.49. The quantitative estimate of drug-likeness (QED) is 0.394. The lowest BCUT2D eigenvalue weighted by molar-refractivity contribution is -0.305. The minimum absolute atomic E-state index is 0. The van der Waals surface area contributed by atoms with Gasteiger partial charge in [0.1, 0.15) is 0 Å². The SMILES string of the molecule is CCCC(=O)[O-].NC([NH3+])=O.NC([NH3+])=O.[Br-]. The van der Waals surface area contributed by atoms with E-state index in [0.717, 1.165) is 0 Å². The van der Waals surface area contributed by atoms with E-state index in [0.29, 0.717) is 6.42 Å². The molecule has 0 saturated carbocycles. The summed E-state index contributed by atoms with van der Waals surface area (Å²) in [5.41, 5.74) is 14.3. The van der Waals surface area contributed by atoms with E-state index in [-0.39, 0.29) is 23.4 Å². The zero-order valence-electron chi connectivity index (χ0n) is 8.49. The van der Waals surface area contributed by atoms with Crippen LogP contribution in [0.25, 0.3) is 0 Å². The highest BCUT2D eigenvalue weighted by molar-refractivity contribution is 5.63. The van der Waals surface area contributed by atoms with Gasteiger partial charge in [-0.1, -0.05) is 13.3 Å². The zero-order valence-corrected chi connectivity index (χ0v) is 10.1. The van der Waals surface area contributed by atoms with Gasteiger partial charge in [0.15, 0.2) is 0 Å². The first kappa shape index (κ1) is 23.5. The van der Waals surface area contributed by atoms with Crippen molar-refractivity contribution < 1.29 is 47.9 Å². The molecule has 0 aliphatic rings. The summed E-state index contributed by atoms with van der Waals surface area (Å²) in [4.78, 5) is 27.7. The first-order valence-corrected chi connectivity index (χ1v) is 3.66. The highest BCUT2D eigenvalue weighted by Crippen LogP contribution is 1.79. The molecule has 15 heavy (non-hydrogen) atoms. The highest BCUT2D eigenvalue weighted by atomic mass is 79.9. The predicted octanol–water partition coefficient (Wildman–Crippen LogP) is -6.85. The van der Waals surface area contributed by atoms with Crippen LogP contribution in [-0.2, 0) is 4.79 Å². The average Bonchev–Trinajstić information content (AvgIpc) is 1.82. The molecule has 9 heteroatoms. The van der Waals surface area contributed by atoms with Crippen LogP contribution in [0.1, 0.15) is 19.8 Å². The Hall–Kier alpha value is -1.19. The van der Waals surface area contributed by atoms with Crippen molar-refractivity contribution in [3.8, 4) is 0 Å². The number of rotatable bonds is 2. The molecule has 0 unspecified atom stereocenters. The molecule has 0 aromatic carbocycles. The largest absolute Gasteiger partial charge is 1.00 e. The molecule has 4 amide bonds. The number of carboxylic acid groups (broad SMARTS) is 1. The van der Waals surface area contributed by atoms with Crippen molar-refractivity contribution in [2.45, 2.75) is 19.8 Å². The van der Waals surface area contributed by atoms with Gasteiger partial charge in [0.25, 0.3) is 0 Å². The molecule has 0 bridgehead atoms. The Morgan fingerprint density at radius 3 is 1.33 bits per heavy atom. The van der Waals surface area contributed by atoms with E-state index in [2.05, 4.69) is 22.9 Å². The number of urea groups is 2. The maximum absolute atomic E-state index is 9.49. The first-order valence-electron chi connectivity index (χ1n) is 3.66. The van der Waals surface area contributed by atoms with Crippen LogP contribution in [0, 0.1) is 0 Å². The molecular weight excluding hydrogens is 272 g/mol. The van der Waals surface area contributed by atoms with Crippen molar-refractivity contribution >= 4 is 18.0 Å². The average molecular weight is 289 g/mol. The second-order valence-corrected chi connectivity index (χ2v) is 2.05. The fraction of sp³-hybridized carbons (Fsp3) is 0.500. The van der Waals surface area contributed by atoms with Crippen molar-refractivity contribution in [1.29, 1.82) is 0 Å². The molecule has 0 saturated heterocycles. The number of carbonyl (C=O) groups excluding carboxylic acids is 3. The van der Waals surface area contributed by atoms with Crippen LogP contribution in [-0.4, -0.2) is 18.0 Å². The number of carbonyl (C=O) groups is 3. The van der Waals surface area contributed by atoms with Gasteiger partial charge in [0.05, 0.1) is 0 Å². The number of hydrogen-bond acceptors (Lipinski definition) is 4. The third-order valence-corrected chi connectivity index (χ3v) is 0.454. The van der Waals surface area contributed by atoms with Gasteiger partial charge >= 0.3 is 12.1 Å². The second kappa shape index (κ2) is 18.6. The number of aliphatic carboxylic acids is 1. The van der Waals surface area contributed by atoms with Gasteiger partial charge in [0, 0.05) is 5.97 Å². The normalized spacial score (nSPS) is 6.60. The van der Waals surface area contributed by atoms with Crippen molar-refractivity contribution in [3.05, 3.63) is 0 Å². The molecule has 8 nitrogen and oxygen atoms in total. The Morgan fingerprint density at radius 1 is 1.13 bits per heavy atom. The number of nitrogens with two attached hydrogens (primary N) is 2. The summed E-state index contributed by atoms with van der Waals surface area (Å²) in [6.07, 6.45) is 0.850. The van der Waals surface area contributed by atoms with Gasteiger partial charge in [-0.2, -0.15) is 0 Å². The third kappa shape index (κ3) is 457. The summed E-state index contributed by atoms with van der Waals surface area (Å²) in [6, 6.07) is -1.17. The van der Waals surface area contributed by atoms with Crippen LogP contribution in [0.3, 0.4) is 0 Å². The summed E-state index contributed by atoms with van der Waals surface area (Å²) in [5.74, 6) is -0.961. The summed E-state index contributed by atoms with van der Waals surface area (Å²) in [6.45, 7) is 1.80. The summed E-state index contributed by atoms with van der Waals surface area (Å²) >= 11 is 0. The number of primary amides is 2. The molecule has 0 atom stereocenters. The van der Waals surface area contributed by atoms with E-state index in [9.17, 15) is 9.90 Å². The Balaban J connectivity index is -0.0000000606. The van der Waals surface area contributed by atoms with Gasteiger partial charge in [-0.25, -0.2) is 9.59 Å². The topological polar surface area (TPSA) is 182 Å². The Labute approximate surface area is 97.7 Å². The Morgan fingerprint density at radius 2 is 1.33 bits per heavy atom. The molecule has 0 aliphatic heterocycles. The fourth-order valence-corrected chi connectivity index (χ4v) is 0.204. The van der Waals surface area contributed by atoms with E-state index in [4.69, 9.17) is 9.59 Å². The number of carboxylic acids is 1. The van der Waals surface area contributed by atoms with Crippen LogP contribution in [0.5, 0.6) is 0 Å². The Bertz CT molecular complexity index is 168. The monoisotopic (exact) mass is 288 g/mol. The van der Waals surface area contributed by atoms with Gasteiger partial charge < -0.3 is 38.3 Å². The second-order valence-electron chi connectivity index (χ2n) is 2.05. The predicted molar refractivity (Wildman–Crippen MR) is 44.9 cm³/mol. The fourth-order valence-electron chi connectivity index (χ4n) is 0.204. The molecule has 0 spiro atoms. The van der Waals surface area contributed by atoms with Crippen LogP contribution in [0.15, 0.2) is 0 Å². The molecule has 0 rings (SSSR count).